The molecular formula is C30H34N2O6. The van der Waals surface area contributed by atoms with E-state index in [9.17, 15) is 19.5 Å². The summed E-state index contributed by atoms with van der Waals surface area (Å²) in [6.45, 7) is 9.37. The third-order valence-electron chi connectivity index (χ3n) is 8.29. The molecule has 2 aromatic carbocycles. The van der Waals surface area contributed by atoms with E-state index in [1.54, 1.807) is 17.1 Å². The molecule has 3 heterocycles. The van der Waals surface area contributed by atoms with Crippen LogP contribution in [0.3, 0.4) is 0 Å². The van der Waals surface area contributed by atoms with Gasteiger partial charge < -0.3 is 24.4 Å². The molecule has 0 aromatic heterocycles. The van der Waals surface area contributed by atoms with Crippen LogP contribution in [-0.4, -0.2) is 71.3 Å². The van der Waals surface area contributed by atoms with Crippen molar-refractivity contribution in [3.63, 3.8) is 0 Å². The number of anilines is 1. The zero-order chi connectivity index (χ0) is 27.1. The summed E-state index contributed by atoms with van der Waals surface area (Å²) in [4.78, 5) is 44.6. The number of ether oxygens (including phenoxy) is 2. The maximum absolute atomic E-state index is 14.4. The molecule has 0 saturated carbocycles. The van der Waals surface area contributed by atoms with Crippen LogP contribution in [0.25, 0.3) is 10.8 Å². The Morgan fingerprint density at radius 1 is 1.18 bits per heavy atom. The van der Waals surface area contributed by atoms with Crippen molar-refractivity contribution < 1.29 is 29.0 Å². The van der Waals surface area contributed by atoms with Crippen LogP contribution in [0.15, 0.2) is 67.8 Å². The van der Waals surface area contributed by atoms with Crippen molar-refractivity contribution in [2.75, 3.05) is 31.2 Å². The molecule has 8 nitrogen and oxygen atoms in total. The molecule has 2 bridgehead atoms. The molecule has 2 unspecified atom stereocenters. The Labute approximate surface area is 222 Å². The van der Waals surface area contributed by atoms with E-state index in [1.807, 2.05) is 49.4 Å². The van der Waals surface area contributed by atoms with Gasteiger partial charge in [0.1, 0.15) is 17.6 Å². The molecule has 1 N–H and O–H groups in total. The number of amides is 2. The molecular weight excluding hydrogens is 484 g/mol. The number of hydrogen-bond donors (Lipinski definition) is 1. The number of carbonyl (C=O) groups is 3. The van der Waals surface area contributed by atoms with Gasteiger partial charge in [0.05, 0.1) is 24.7 Å². The summed E-state index contributed by atoms with van der Waals surface area (Å²) in [6, 6.07) is 12.6. The Balaban J connectivity index is 1.55. The number of likely N-dealkylation sites (tertiary alicyclic amines) is 1. The molecule has 5 rings (SSSR count). The first-order chi connectivity index (χ1) is 18.3. The molecule has 2 aromatic rings. The van der Waals surface area contributed by atoms with Gasteiger partial charge in [0.25, 0.3) is 5.91 Å². The molecule has 5 atom stereocenters. The quantitative estimate of drug-likeness (QED) is 0.295. The molecule has 0 radical (unpaired) electrons. The van der Waals surface area contributed by atoms with Crippen LogP contribution in [0, 0.1) is 11.8 Å². The van der Waals surface area contributed by atoms with Crippen molar-refractivity contribution in [1.29, 1.82) is 0 Å². The van der Waals surface area contributed by atoms with E-state index in [0.29, 0.717) is 24.9 Å². The summed E-state index contributed by atoms with van der Waals surface area (Å²) >= 11 is 0. The van der Waals surface area contributed by atoms with Gasteiger partial charge in [-0.1, -0.05) is 42.5 Å². The predicted octanol–water partition coefficient (Wildman–Crippen LogP) is 3.24. The van der Waals surface area contributed by atoms with Gasteiger partial charge in [-0.3, -0.25) is 14.4 Å². The highest BCUT2D eigenvalue weighted by Gasteiger charge is 2.78. The number of benzene rings is 2. The fourth-order valence-corrected chi connectivity index (χ4v) is 6.69. The molecule has 38 heavy (non-hydrogen) atoms. The Bertz CT molecular complexity index is 1290. The molecule has 3 aliphatic rings. The second-order valence-corrected chi connectivity index (χ2v) is 10.5. The van der Waals surface area contributed by atoms with Crippen LogP contribution < -0.4 is 4.90 Å². The number of fused-ring (bicyclic) bond motifs is 2. The molecule has 0 aliphatic carbocycles. The zero-order valence-electron chi connectivity index (χ0n) is 21.7. The number of β-amino-alcohol motifs (C(OH)–C–C–N with tert-alkyl or cyclic N) is 1. The third kappa shape index (κ3) is 3.94. The fourth-order valence-electron chi connectivity index (χ4n) is 6.69. The monoisotopic (exact) mass is 518 g/mol. The summed E-state index contributed by atoms with van der Waals surface area (Å²) < 4.78 is 12.1. The van der Waals surface area contributed by atoms with Crippen molar-refractivity contribution in [3.8, 4) is 0 Å². The van der Waals surface area contributed by atoms with Crippen molar-refractivity contribution in [2.45, 2.75) is 43.4 Å². The summed E-state index contributed by atoms with van der Waals surface area (Å²) in [5.41, 5.74) is -1.43. The maximum atomic E-state index is 14.4. The van der Waals surface area contributed by atoms with Crippen molar-refractivity contribution in [2.24, 2.45) is 11.8 Å². The predicted molar refractivity (Wildman–Crippen MR) is 143 cm³/mol. The number of nitrogens with zero attached hydrogens (tertiary/aromatic N) is 2. The Morgan fingerprint density at radius 3 is 2.66 bits per heavy atom. The number of aliphatic hydroxyl groups is 1. The standard InChI is InChI=1S/C30H34N2O6/c1-4-6-18-37-28(36)24-23-26(34)32(16-17-33)25(30(23)14-13-29(24,3)38-30)27(35)31(15-5-2)22-12-11-20-9-7-8-10-21(20)19-22/h4-5,7-12,19,23-25,33H,1-2,6,13-18H2,3H3/t23-,24+,25?,29-,30?/m0/s1. The average Bonchev–Trinajstić information content (AvgIpc) is 3.48. The van der Waals surface area contributed by atoms with E-state index < -0.39 is 35.0 Å². The Hall–Kier alpha value is -3.49. The number of hydrogen-bond acceptors (Lipinski definition) is 6. The lowest BCUT2D eigenvalue weighted by Crippen LogP contribution is -2.56. The molecule has 2 amide bonds. The van der Waals surface area contributed by atoms with Gasteiger partial charge in [0, 0.05) is 18.8 Å². The SMILES string of the molecule is C=CCCOC(=O)[C@H]1[C@H]2C(=O)N(CCO)C(C(=O)N(CC=C)c3ccc4ccccc4c3)C23CC[C@]1(C)O3. The first-order valence-electron chi connectivity index (χ1n) is 13.1. The second-order valence-electron chi connectivity index (χ2n) is 10.5. The molecule has 200 valence electrons. The van der Waals surface area contributed by atoms with Crippen LogP contribution in [-0.2, 0) is 23.9 Å². The minimum atomic E-state index is -1.18. The highest BCUT2D eigenvalue weighted by Crippen LogP contribution is 2.63. The lowest BCUT2D eigenvalue weighted by atomic mass is 9.66. The van der Waals surface area contributed by atoms with Crippen molar-refractivity contribution >= 4 is 34.2 Å². The van der Waals surface area contributed by atoms with Gasteiger partial charge in [-0.2, -0.15) is 0 Å². The Morgan fingerprint density at radius 2 is 1.95 bits per heavy atom. The van der Waals surface area contributed by atoms with E-state index in [1.165, 1.54) is 4.90 Å². The summed E-state index contributed by atoms with van der Waals surface area (Å²) in [5, 5.41) is 11.9. The topological polar surface area (TPSA) is 96.4 Å². The second kappa shape index (κ2) is 10.0. The fraction of sp³-hybridized carbons (Fsp3) is 0.433. The van der Waals surface area contributed by atoms with Crippen LogP contribution in [0.2, 0.25) is 0 Å². The van der Waals surface area contributed by atoms with Gasteiger partial charge in [0.2, 0.25) is 5.91 Å². The van der Waals surface area contributed by atoms with Crippen LogP contribution in [0.5, 0.6) is 0 Å². The van der Waals surface area contributed by atoms with E-state index >= 15 is 0 Å². The number of carbonyl (C=O) groups excluding carboxylic acids is 3. The first-order valence-corrected chi connectivity index (χ1v) is 13.1. The van der Waals surface area contributed by atoms with Crippen LogP contribution in [0.1, 0.15) is 26.2 Å². The largest absolute Gasteiger partial charge is 0.465 e. The average molecular weight is 519 g/mol. The lowest BCUT2D eigenvalue weighted by Gasteiger charge is -2.36. The summed E-state index contributed by atoms with van der Waals surface area (Å²) in [7, 11) is 0. The van der Waals surface area contributed by atoms with Gasteiger partial charge in [0.15, 0.2) is 0 Å². The van der Waals surface area contributed by atoms with Crippen LogP contribution in [0.4, 0.5) is 5.69 Å². The molecule has 1 spiro atoms. The van der Waals surface area contributed by atoms with Gasteiger partial charge in [-0.15, -0.1) is 13.2 Å². The smallest absolute Gasteiger partial charge is 0.312 e. The number of aliphatic hydroxyl groups excluding tert-OH is 1. The number of rotatable bonds is 10. The van der Waals surface area contributed by atoms with Gasteiger partial charge in [-0.25, -0.2) is 0 Å². The lowest BCUT2D eigenvalue weighted by molar-refractivity contribution is -0.159. The van der Waals surface area contributed by atoms with E-state index in [2.05, 4.69) is 13.2 Å². The highest BCUT2D eigenvalue weighted by molar-refractivity contribution is 6.05. The first kappa shape index (κ1) is 26.1. The summed E-state index contributed by atoms with van der Waals surface area (Å²) in [6.07, 6.45) is 4.77. The van der Waals surface area contributed by atoms with E-state index in [0.717, 1.165) is 10.8 Å². The zero-order valence-corrected chi connectivity index (χ0v) is 21.7. The minimum absolute atomic E-state index is 0.0363. The molecule has 3 saturated heterocycles. The van der Waals surface area contributed by atoms with Gasteiger partial charge in [-0.05, 0) is 49.1 Å². The molecule has 3 fully saturated rings. The maximum Gasteiger partial charge on any atom is 0.312 e. The third-order valence-corrected chi connectivity index (χ3v) is 8.29. The Kier molecular flexibility index (Phi) is 6.88. The minimum Gasteiger partial charge on any atom is -0.465 e. The van der Waals surface area contributed by atoms with E-state index in [-0.39, 0.29) is 38.1 Å². The van der Waals surface area contributed by atoms with Crippen molar-refractivity contribution in [3.05, 3.63) is 67.8 Å². The van der Waals surface area contributed by atoms with Crippen molar-refractivity contribution in [1.82, 2.24) is 4.90 Å². The van der Waals surface area contributed by atoms with Gasteiger partial charge >= 0.3 is 5.97 Å². The summed E-state index contributed by atoms with van der Waals surface area (Å²) in [5.74, 6) is -2.87. The van der Waals surface area contributed by atoms with Crippen LogP contribution >= 0.6 is 0 Å². The van der Waals surface area contributed by atoms with E-state index in [4.69, 9.17) is 9.47 Å². The molecule has 3 aliphatic heterocycles. The molecule has 8 heteroatoms. The number of esters is 1. The normalized spacial score (nSPS) is 29.4. The highest BCUT2D eigenvalue weighted by atomic mass is 16.6.